The monoisotopic (exact) mass is 349 g/mol. The summed E-state index contributed by atoms with van der Waals surface area (Å²) >= 11 is 0. The third kappa shape index (κ3) is 2.89. The number of fused-ring (bicyclic) bond motifs is 1. The largest absolute Gasteiger partial charge is 0.360 e. The van der Waals surface area contributed by atoms with Gasteiger partial charge in [0.25, 0.3) is 5.91 Å². The number of rotatable bonds is 5. The van der Waals surface area contributed by atoms with E-state index in [9.17, 15) is 4.79 Å². The summed E-state index contributed by atoms with van der Waals surface area (Å²) in [6.45, 7) is 2.67. The minimum absolute atomic E-state index is 0.129. The van der Waals surface area contributed by atoms with Crippen molar-refractivity contribution in [3.05, 3.63) is 48.2 Å². The zero-order valence-corrected chi connectivity index (χ0v) is 14.8. The molecule has 1 N–H and O–H groups in total. The first-order chi connectivity index (χ1) is 12.8. The van der Waals surface area contributed by atoms with Gasteiger partial charge in [-0.3, -0.25) is 4.79 Å². The van der Waals surface area contributed by atoms with Crippen LogP contribution >= 0.6 is 0 Å². The number of carbonyl (C=O) groups is 1. The van der Waals surface area contributed by atoms with Crippen molar-refractivity contribution in [2.24, 2.45) is 11.8 Å². The zero-order valence-electron chi connectivity index (χ0n) is 14.8. The Morgan fingerprint density at radius 3 is 2.96 bits per heavy atom. The molecule has 134 valence electrons. The van der Waals surface area contributed by atoms with E-state index >= 15 is 0 Å². The lowest BCUT2D eigenvalue weighted by atomic mass is 10.0. The Kier molecular flexibility index (Phi) is 3.76. The number of amides is 1. The van der Waals surface area contributed by atoms with E-state index in [0.29, 0.717) is 5.92 Å². The van der Waals surface area contributed by atoms with Crippen LogP contribution in [-0.2, 0) is 13.0 Å². The molecular weight excluding hydrogens is 326 g/mol. The molecule has 5 rings (SSSR count). The molecule has 1 aliphatic heterocycles. The molecule has 6 nitrogen and oxygen atoms in total. The van der Waals surface area contributed by atoms with Crippen molar-refractivity contribution in [1.82, 2.24) is 24.6 Å². The van der Waals surface area contributed by atoms with Gasteiger partial charge in [-0.1, -0.05) is 18.2 Å². The van der Waals surface area contributed by atoms with Crippen molar-refractivity contribution in [3.63, 3.8) is 0 Å². The van der Waals surface area contributed by atoms with Crippen LogP contribution in [-0.4, -0.2) is 43.6 Å². The van der Waals surface area contributed by atoms with Gasteiger partial charge in [0.15, 0.2) is 0 Å². The van der Waals surface area contributed by atoms with Gasteiger partial charge in [-0.05, 0) is 37.2 Å². The van der Waals surface area contributed by atoms with Crippen LogP contribution < -0.4 is 0 Å². The van der Waals surface area contributed by atoms with Gasteiger partial charge in [0, 0.05) is 43.2 Å². The van der Waals surface area contributed by atoms with Crippen molar-refractivity contribution >= 4 is 16.8 Å². The van der Waals surface area contributed by atoms with Crippen LogP contribution in [0, 0.1) is 11.8 Å². The summed E-state index contributed by atoms with van der Waals surface area (Å²) in [5.74, 6) is 2.48. The number of aromatic amines is 1. The summed E-state index contributed by atoms with van der Waals surface area (Å²) in [4.78, 5) is 18.2. The first-order valence-electron chi connectivity index (χ1n) is 9.50. The van der Waals surface area contributed by atoms with Crippen LogP contribution in [0.25, 0.3) is 10.9 Å². The van der Waals surface area contributed by atoms with Gasteiger partial charge in [0.2, 0.25) is 0 Å². The fourth-order valence-corrected chi connectivity index (χ4v) is 4.03. The van der Waals surface area contributed by atoms with E-state index in [1.807, 2.05) is 41.7 Å². The molecule has 0 spiro atoms. The number of para-hydroxylation sites is 1. The SMILES string of the molecule is O=C(c1c[nH]c2ccccc12)N1CCC(Cc2nncn2CC2CC2)C1. The summed E-state index contributed by atoms with van der Waals surface area (Å²) in [6.07, 6.45) is 8.29. The smallest absolute Gasteiger partial charge is 0.256 e. The lowest BCUT2D eigenvalue weighted by Gasteiger charge is -2.16. The number of carbonyl (C=O) groups excluding carboxylic acids is 1. The van der Waals surface area contributed by atoms with Gasteiger partial charge in [0.1, 0.15) is 12.2 Å². The third-order valence-electron chi connectivity index (χ3n) is 5.71. The van der Waals surface area contributed by atoms with Gasteiger partial charge >= 0.3 is 0 Å². The van der Waals surface area contributed by atoms with Crippen LogP contribution in [0.2, 0.25) is 0 Å². The molecule has 1 atom stereocenters. The molecule has 26 heavy (non-hydrogen) atoms. The fourth-order valence-electron chi connectivity index (χ4n) is 4.03. The molecule has 3 heterocycles. The fraction of sp³-hybridized carbons (Fsp3) is 0.450. The average molecular weight is 349 g/mol. The molecule has 1 unspecified atom stereocenters. The van der Waals surface area contributed by atoms with Gasteiger partial charge in [-0.15, -0.1) is 10.2 Å². The normalized spacial score (nSPS) is 20.2. The van der Waals surface area contributed by atoms with Crippen LogP contribution in [0.5, 0.6) is 0 Å². The highest BCUT2D eigenvalue weighted by Gasteiger charge is 2.30. The topological polar surface area (TPSA) is 66.8 Å². The Balaban J connectivity index is 1.27. The van der Waals surface area contributed by atoms with E-state index in [4.69, 9.17) is 0 Å². The Morgan fingerprint density at radius 2 is 2.08 bits per heavy atom. The average Bonchev–Trinajstić information content (AvgIpc) is 3.05. The van der Waals surface area contributed by atoms with Gasteiger partial charge in [-0.2, -0.15) is 0 Å². The van der Waals surface area contributed by atoms with E-state index in [-0.39, 0.29) is 5.91 Å². The van der Waals surface area contributed by atoms with Gasteiger partial charge < -0.3 is 14.5 Å². The summed E-state index contributed by atoms with van der Waals surface area (Å²) in [5.41, 5.74) is 1.79. The maximum absolute atomic E-state index is 13.0. The van der Waals surface area contributed by atoms with E-state index in [0.717, 1.165) is 60.7 Å². The number of hydrogen-bond acceptors (Lipinski definition) is 3. The lowest BCUT2D eigenvalue weighted by molar-refractivity contribution is 0.0789. The van der Waals surface area contributed by atoms with Gasteiger partial charge in [-0.25, -0.2) is 0 Å². The maximum Gasteiger partial charge on any atom is 0.256 e. The zero-order chi connectivity index (χ0) is 17.5. The summed E-state index contributed by atoms with van der Waals surface area (Å²) < 4.78 is 2.21. The first-order valence-corrected chi connectivity index (χ1v) is 9.50. The predicted octanol–water partition coefficient (Wildman–Crippen LogP) is 2.87. The number of nitrogens with one attached hydrogen (secondary N) is 1. The highest BCUT2D eigenvalue weighted by molar-refractivity contribution is 6.06. The lowest BCUT2D eigenvalue weighted by Crippen LogP contribution is -2.29. The highest BCUT2D eigenvalue weighted by Crippen LogP contribution is 2.31. The molecular formula is C20H23N5O. The molecule has 1 amide bonds. The first kappa shape index (κ1) is 15.6. The molecule has 2 aromatic heterocycles. The van der Waals surface area contributed by atoms with Crippen molar-refractivity contribution in [1.29, 1.82) is 0 Å². The Bertz CT molecular complexity index is 938. The van der Waals surface area contributed by atoms with Crippen LogP contribution in [0.4, 0.5) is 0 Å². The number of hydrogen-bond donors (Lipinski definition) is 1. The standard InChI is InChI=1S/C20H23N5O/c26-20(17-10-21-18-4-2-1-3-16(17)18)24-8-7-15(12-24)9-19-23-22-13-25(19)11-14-5-6-14/h1-4,10,13-15,21H,5-9,11-12H2. The summed E-state index contributed by atoms with van der Waals surface area (Å²) in [7, 11) is 0. The second kappa shape index (κ2) is 6.27. The van der Waals surface area contributed by atoms with E-state index in [1.54, 1.807) is 0 Å². The number of nitrogens with zero attached hydrogens (tertiary/aromatic N) is 4. The maximum atomic E-state index is 13.0. The van der Waals surface area contributed by atoms with Crippen molar-refractivity contribution in [3.8, 4) is 0 Å². The molecule has 1 aliphatic carbocycles. The molecule has 2 aliphatic rings. The summed E-state index contributed by atoms with van der Waals surface area (Å²) in [6, 6.07) is 7.97. The number of likely N-dealkylation sites (tertiary alicyclic amines) is 1. The van der Waals surface area contributed by atoms with Crippen LogP contribution in [0.15, 0.2) is 36.8 Å². The quantitative estimate of drug-likeness (QED) is 0.770. The Labute approximate surface area is 152 Å². The minimum atomic E-state index is 0.129. The third-order valence-corrected chi connectivity index (χ3v) is 5.71. The van der Waals surface area contributed by atoms with E-state index < -0.39 is 0 Å². The molecule has 1 aromatic carbocycles. The second-order valence-corrected chi connectivity index (χ2v) is 7.70. The molecule has 0 bridgehead atoms. The van der Waals surface area contributed by atoms with Gasteiger partial charge in [0.05, 0.1) is 5.56 Å². The number of H-pyrrole nitrogens is 1. The molecule has 1 saturated heterocycles. The van der Waals surface area contributed by atoms with E-state index in [2.05, 4.69) is 19.7 Å². The van der Waals surface area contributed by atoms with E-state index in [1.165, 1.54) is 12.8 Å². The minimum Gasteiger partial charge on any atom is -0.360 e. The van der Waals surface area contributed by atoms with Crippen LogP contribution in [0.1, 0.15) is 35.4 Å². The summed E-state index contributed by atoms with van der Waals surface area (Å²) in [5, 5.41) is 9.43. The Morgan fingerprint density at radius 1 is 1.19 bits per heavy atom. The van der Waals surface area contributed by atoms with Crippen LogP contribution in [0.3, 0.4) is 0 Å². The van der Waals surface area contributed by atoms with Crippen molar-refractivity contribution in [2.75, 3.05) is 13.1 Å². The second-order valence-electron chi connectivity index (χ2n) is 7.70. The number of aromatic nitrogens is 4. The molecule has 2 fully saturated rings. The predicted molar refractivity (Wildman–Crippen MR) is 98.8 cm³/mol. The highest BCUT2D eigenvalue weighted by atomic mass is 16.2. The number of benzene rings is 1. The van der Waals surface area contributed by atoms with Crippen molar-refractivity contribution < 1.29 is 4.79 Å². The molecule has 0 radical (unpaired) electrons. The molecule has 1 saturated carbocycles. The molecule has 6 heteroatoms. The van der Waals surface area contributed by atoms with Crippen molar-refractivity contribution in [2.45, 2.75) is 32.2 Å². The Hall–Kier alpha value is -2.63. The molecule has 3 aromatic rings.